The van der Waals surface area contributed by atoms with Crippen LogP contribution in [0.2, 0.25) is 0 Å². The predicted molar refractivity (Wildman–Crippen MR) is 162 cm³/mol. The van der Waals surface area contributed by atoms with Crippen molar-refractivity contribution in [3.8, 4) is 0 Å². The molecule has 234 valence electrons. The van der Waals surface area contributed by atoms with Crippen LogP contribution in [0.4, 0.5) is 18.9 Å². The fourth-order valence-electron chi connectivity index (χ4n) is 6.81. The topological polar surface area (TPSA) is 88.5 Å². The summed E-state index contributed by atoms with van der Waals surface area (Å²) in [4.78, 5) is 18.4. The Hall–Kier alpha value is -2.53. The molecule has 2 fully saturated rings. The molecule has 2 aromatic rings. The van der Waals surface area contributed by atoms with Gasteiger partial charge in [-0.15, -0.1) is 0 Å². The van der Waals surface area contributed by atoms with Crippen molar-refractivity contribution in [2.24, 2.45) is 11.8 Å². The first-order chi connectivity index (χ1) is 20.2. The molecule has 0 bridgehead atoms. The zero-order chi connectivity index (χ0) is 31.2. The van der Waals surface area contributed by atoms with Crippen LogP contribution >= 0.6 is 11.8 Å². The van der Waals surface area contributed by atoms with Gasteiger partial charge < -0.3 is 9.84 Å². The molecular formula is C32H39F3N2O4S2. The highest BCUT2D eigenvalue weighted by Gasteiger charge is 2.53. The number of nitrogens with zero attached hydrogens (tertiary/aromatic N) is 1. The van der Waals surface area contributed by atoms with Gasteiger partial charge in [0.2, 0.25) is 0 Å². The second-order valence-corrected chi connectivity index (χ2v) is 15.2. The Balaban J connectivity index is 1.42. The van der Waals surface area contributed by atoms with Crippen molar-refractivity contribution in [2.45, 2.75) is 113 Å². The normalized spacial score (nSPS) is 20.9. The Labute approximate surface area is 257 Å². The number of aryl methyl sites for hydroxylation is 1. The minimum absolute atomic E-state index is 0.0313. The number of aromatic nitrogens is 1. The molecule has 0 spiro atoms. The molecule has 2 heterocycles. The molecule has 1 aromatic carbocycles. The Morgan fingerprint density at radius 2 is 1.65 bits per heavy atom. The Kier molecular flexibility index (Phi) is 8.97. The van der Waals surface area contributed by atoms with Gasteiger partial charge in [-0.25, -0.2) is 14.0 Å². The van der Waals surface area contributed by atoms with E-state index in [1.54, 1.807) is 0 Å². The highest BCUT2D eigenvalue weighted by Crippen LogP contribution is 2.53. The SMILES string of the molecule is Cc1cc(SC2=C(O)CC(C3CCCC3)(C3CCCC3)OC2=O)c(C(C)(C)C)cc1NS(=O)c1ccc(C(F)(F)F)cn1. The molecule has 2 saturated carbocycles. The molecular weight excluding hydrogens is 597 g/mol. The van der Waals surface area contributed by atoms with Gasteiger partial charge in [-0.2, -0.15) is 13.2 Å². The van der Waals surface area contributed by atoms with Crippen molar-refractivity contribution in [3.63, 3.8) is 0 Å². The predicted octanol–water partition coefficient (Wildman–Crippen LogP) is 8.77. The number of pyridine rings is 1. The van der Waals surface area contributed by atoms with Gasteiger partial charge in [0.05, 0.1) is 5.56 Å². The zero-order valence-corrected chi connectivity index (χ0v) is 26.6. The molecule has 2 aliphatic carbocycles. The number of cyclic esters (lactones) is 1. The fraction of sp³-hybridized carbons (Fsp3) is 0.562. The minimum atomic E-state index is -4.53. The summed E-state index contributed by atoms with van der Waals surface area (Å²) in [6.45, 7) is 7.85. The number of aliphatic hydroxyl groups is 1. The molecule has 2 N–H and O–H groups in total. The van der Waals surface area contributed by atoms with Gasteiger partial charge in [0.25, 0.3) is 0 Å². The summed E-state index contributed by atoms with van der Waals surface area (Å²) in [7, 11) is -1.91. The van der Waals surface area contributed by atoms with E-state index in [0.29, 0.717) is 23.9 Å². The van der Waals surface area contributed by atoms with E-state index in [-0.39, 0.29) is 27.5 Å². The number of esters is 1. The average molecular weight is 637 g/mol. The van der Waals surface area contributed by atoms with Crippen molar-refractivity contribution < 1.29 is 32.0 Å². The summed E-state index contributed by atoms with van der Waals surface area (Å²) in [5.74, 6) is 0.160. The fourth-order valence-corrected chi connectivity index (χ4v) is 8.92. The largest absolute Gasteiger partial charge is 0.511 e. The standard InChI is InChI=1S/C32H39F3N2O4S2/c1-19-15-26(23(30(2,3)4)16-24(19)37-43(40)27-14-13-22(18-36-27)32(33,34)35)42-28-25(38)17-31(41-29(28)39,20-9-5-6-10-20)21-11-7-8-12-21/h13-16,18,20-21,37-38H,5-12,17H2,1-4H3. The van der Waals surface area contributed by atoms with E-state index < -0.39 is 39.7 Å². The van der Waals surface area contributed by atoms with E-state index in [9.17, 15) is 27.3 Å². The lowest BCUT2D eigenvalue weighted by Crippen LogP contribution is -2.50. The Bertz CT molecular complexity index is 1410. The zero-order valence-electron chi connectivity index (χ0n) is 25.0. The molecule has 0 amide bonds. The molecule has 11 heteroatoms. The molecule has 6 nitrogen and oxygen atoms in total. The molecule has 0 radical (unpaired) electrons. The van der Waals surface area contributed by atoms with E-state index >= 15 is 0 Å². The van der Waals surface area contributed by atoms with Crippen molar-refractivity contribution in [1.29, 1.82) is 0 Å². The van der Waals surface area contributed by atoms with Gasteiger partial charge in [0.1, 0.15) is 21.3 Å². The number of carbonyl (C=O) groups excluding carboxylic acids is 1. The van der Waals surface area contributed by atoms with Gasteiger partial charge in [0, 0.05) is 23.2 Å². The summed E-state index contributed by atoms with van der Waals surface area (Å²) < 4.78 is 61.1. The molecule has 1 aromatic heterocycles. The summed E-state index contributed by atoms with van der Waals surface area (Å²) in [5, 5.41) is 11.4. The number of benzene rings is 1. The van der Waals surface area contributed by atoms with Crippen LogP contribution in [0.25, 0.3) is 0 Å². The quantitative estimate of drug-likeness (QED) is 0.296. The third kappa shape index (κ3) is 6.62. The number of alkyl halides is 3. The number of hydrogen-bond acceptors (Lipinski definition) is 6. The molecule has 0 saturated heterocycles. The highest BCUT2D eigenvalue weighted by molar-refractivity contribution is 8.04. The molecule has 5 rings (SSSR count). The minimum Gasteiger partial charge on any atom is -0.511 e. The first-order valence-electron chi connectivity index (χ1n) is 14.9. The van der Waals surface area contributed by atoms with E-state index in [0.717, 1.165) is 74.0 Å². The number of hydrogen-bond donors (Lipinski definition) is 2. The van der Waals surface area contributed by atoms with Crippen LogP contribution in [0.15, 0.2) is 51.0 Å². The lowest BCUT2D eigenvalue weighted by Gasteiger charge is -2.45. The smallest absolute Gasteiger partial charge is 0.417 e. The van der Waals surface area contributed by atoms with Crippen LogP contribution in [-0.2, 0) is 32.1 Å². The van der Waals surface area contributed by atoms with Crippen molar-refractivity contribution in [3.05, 3.63) is 57.8 Å². The molecule has 1 atom stereocenters. The lowest BCUT2D eigenvalue weighted by molar-refractivity contribution is -0.175. The number of anilines is 1. The summed E-state index contributed by atoms with van der Waals surface area (Å²) in [6.07, 6.45) is 5.04. The lowest BCUT2D eigenvalue weighted by atomic mass is 9.71. The van der Waals surface area contributed by atoms with Crippen LogP contribution < -0.4 is 4.72 Å². The first kappa shape index (κ1) is 31.9. The number of aliphatic hydroxyl groups excluding tert-OH is 1. The number of ether oxygens (including phenoxy) is 1. The average Bonchev–Trinajstić information content (AvgIpc) is 3.66. The van der Waals surface area contributed by atoms with Crippen LogP contribution in [-0.4, -0.2) is 25.9 Å². The number of carbonyl (C=O) groups is 1. The Morgan fingerprint density at radius 1 is 1.05 bits per heavy atom. The Morgan fingerprint density at radius 3 is 2.14 bits per heavy atom. The van der Waals surface area contributed by atoms with Crippen LogP contribution in [0.1, 0.15) is 95.2 Å². The number of halogens is 3. The number of nitrogens with one attached hydrogen (secondary N) is 1. The molecule has 3 aliphatic rings. The summed E-state index contributed by atoms with van der Waals surface area (Å²) >= 11 is 1.19. The van der Waals surface area contributed by atoms with E-state index in [2.05, 4.69) is 9.71 Å². The highest BCUT2D eigenvalue weighted by atomic mass is 32.2. The number of rotatable bonds is 7. The van der Waals surface area contributed by atoms with Crippen LogP contribution in [0, 0.1) is 18.8 Å². The van der Waals surface area contributed by atoms with E-state index in [1.165, 1.54) is 11.8 Å². The van der Waals surface area contributed by atoms with Crippen molar-refractivity contribution in [1.82, 2.24) is 4.98 Å². The maximum absolute atomic E-state index is 13.6. The monoisotopic (exact) mass is 636 g/mol. The summed E-state index contributed by atoms with van der Waals surface area (Å²) in [6, 6.07) is 5.66. The second-order valence-electron chi connectivity index (χ2n) is 13.0. The van der Waals surface area contributed by atoms with Crippen molar-refractivity contribution >= 4 is 34.4 Å². The van der Waals surface area contributed by atoms with Crippen LogP contribution in [0.3, 0.4) is 0 Å². The summed E-state index contributed by atoms with van der Waals surface area (Å²) in [5.41, 5.74) is 0.146. The third-order valence-corrected chi connectivity index (χ3v) is 11.3. The van der Waals surface area contributed by atoms with Gasteiger partial charge in [-0.05, 0) is 85.3 Å². The van der Waals surface area contributed by atoms with Gasteiger partial charge in [-0.3, -0.25) is 4.72 Å². The van der Waals surface area contributed by atoms with Crippen molar-refractivity contribution in [2.75, 3.05) is 4.72 Å². The van der Waals surface area contributed by atoms with Crippen LogP contribution in [0.5, 0.6) is 0 Å². The first-order valence-corrected chi connectivity index (χ1v) is 16.9. The van der Waals surface area contributed by atoms with Gasteiger partial charge in [0.15, 0.2) is 11.0 Å². The van der Waals surface area contributed by atoms with Gasteiger partial charge in [-0.1, -0.05) is 58.2 Å². The maximum Gasteiger partial charge on any atom is 0.417 e. The second kappa shape index (κ2) is 12.1. The molecule has 1 unspecified atom stereocenters. The number of thioether (sulfide) groups is 1. The van der Waals surface area contributed by atoms with Gasteiger partial charge >= 0.3 is 12.1 Å². The molecule has 43 heavy (non-hydrogen) atoms. The molecule has 1 aliphatic heterocycles. The van der Waals surface area contributed by atoms with E-state index in [4.69, 9.17) is 4.74 Å². The van der Waals surface area contributed by atoms with E-state index in [1.807, 2.05) is 39.8 Å². The third-order valence-electron chi connectivity index (χ3n) is 9.07. The maximum atomic E-state index is 13.6.